The number of hydrogen-bond acceptors (Lipinski definition) is 5. The number of benzene rings is 3. The van der Waals surface area contributed by atoms with E-state index >= 15 is 0 Å². The second kappa shape index (κ2) is 10.8. The van der Waals surface area contributed by atoms with Gasteiger partial charge in [0.1, 0.15) is 17.6 Å². The minimum Gasteiger partial charge on any atom is -0.494 e. The summed E-state index contributed by atoms with van der Waals surface area (Å²) in [5, 5.41) is 4.16. The van der Waals surface area contributed by atoms with E-state index in [0.29, 0.717) is 18.1 Å². The molecule has 1 saturated carbocycles. The summed E-state index contributed by atoms with van der Waals surface area (Å²) in [5.74, 6) is 2.36. The SMILES string of the molecule is CCOc1ccc(-c2cc(C(=O)NC3CC(CN4CC(Oc5ccccc5)C4)C3)c3ccccc3n2)cc1. The Kier molecular flexibility index (Phi) is 6.97. The highest BCUT2D eigenvalue weighted by Gasteiger charge is 2.36. The molecule has 1 N–H and O–H groups in total. The van der Waals surface area contributed by atoms with Crippen LogP contribution in [0.3, 0.4) is 0 Å². The van der Waals surface area contributed by atoms with Gasteiger partial charge in [-0.1, -0.05) is 36.4 Å². The lowest BCUT2D eigenvalue weighted by atomic mass is 9.79. The largest absolute Gasteiger partial charge is 0.494 e. The molecule has 1 aromatic heterocycles. The van der Waals surface area contributed by atoms with Crippen LogP contribution in [0, 0.1) is 5.92 Å². The van der Waals surface area contributed by atoms with Gasteiger partial charge in [0.05, 0.1) is 23.4 Å². The Morgan fingerprint density at radius 2 is 1.68 bits per heavy atom. The molecule has 0 atom stereocenters. The molecule has 3 aromatic carbocycles. The summed E-state index contributed by atoms with van der Waals surface area (Å²) in [6.45, 7) is 5.61. The highest BCUT2D eigenvalue weighted by atomic mass is 16.5. The van der Waals surface area contributed by atoms with Crippen molar-refractivity contribution in [3.8, 4) is 22.8 Å². The number of nitrogens with zero attached hydrogens (tertiary/aromatic N) is 2. The van der Waals surface area contributed by atoms with Crippen molar-refractivity contribution in [2.24, 2.45) is 5.92 Å². The van der Waals surface area contributed by atoms with E-state index in [1.807, 2.05) is 91.9 Å². The van der Waals surface area contributed by atoms with E-state index in [4.69, 9.17) is 14.5 Å². The van der Waals surface area contributed by atoms with Crippen LogP contribution < -0.4 is 14.8 Å². The molecular weight excluding hydrogens is 474 g/mol. The van der Waals surface area contributed by atoms with Crippen LogP contribution in [0.15, 0.2) is 84.9 Å². The van der Waals surface area contributed by atoms with Crippen molar-refractivity contribution >= 4 is 16.8 Å². The van der Waals surface area contributed by atoms with Gasteiger partial charge in [-0.25, -0.2) is 4.98 Å². The Morgan fingerprint density at radius 1 is 0.947 bits per heavy atom. The standard InChI is InChI=1S/C32H33N3O3/c1-2-37-25-14-12-23(13-15-25)31-18-29(28-10-6-7-11-30(28)34-31)32(36)33-24-16-22(17-24)19-35-20-27(21-35)38-26-8-4-3-5-9-26/h3-15,18,22,24,27H,2,16-17,19-21H2,1H3,(H,33,36). The van der Waals surface area contributed by atoms with Crippen molar-refractivity contribution in [3.05, 3.63) is 90.5 Å². The van der Waals surface area contributed by atoms with Crippen LogP contribution in [0.25, 0.3) is 22.2 Å². The second-order valence-corrected chi connectivity index (χ2v) is 10.3. The number of amides is 1. The third-order valence-corrected chi connectivity index (χ3v) is 7.48. The topological polar surface area (TPSA) is 63.7 Å². The Labute approximate surface area is 223 Å². The number of rotatable bonds is 9. The molecule has 2 heterocycles. The third-order valence-electron chi connectivity index (χ3n) is 7.48. The monoisotopic (exact) mass is 507 g/mol. The summed E-state index contributed by atoms with van der Waals surface area (Å²) < 4.78 is 11.6. The zero-order valence-electron chi connectivity index (χ0n) is 21.7. The van der Waals surface area contributed by atoms with E-state index in [1.54, 1.807) is 0 Å². The fourth-order valence-corrected chi connectivity index (χ4v) is 5.47. The van der Waals surface area contributed by atoms with Gasteiger partial charge in [0.25, 0.3) is 5.91 Å². The highest BCUT2D eigenvalue weighted by molar-refractivity contribution is 6.07. The molecule has 6 heteroatoms. The lowest BCUT2D eigenvalue weighted by Gasteiger charge is -2.44. The fraction of sp³-hybridized carbons (Fsp3) is 0.312. The number of carbonyl (C=O) groups is 1. The molecule has 2 aliphatic rings. The van der Waals surface area contributed by atoms with Gasteiger partial charge in [-0.2, -0.15) is 0 Å². The lowest BCUT2D eigenvalue weighted by molar-refractivity contribution is -0.00191. The molecule has 194 valence electrons. The molecule has 0 unspecified atom stereocenters. The molecule has 1 aliphatic heterocycles. The van der Waals surface area contributed by atoms with Crippen LogP contribution in [-0.4, -0.2) is 54.2 Å². The number of pyridine rings is 1. The molecule has 4 aromatic rings. The van der Waals surface area contributed by atoms with Crippen molar-refractivity contribution in [3.63, 3.8) is 0 Å². The fourth-order valence-electron chi connectivity index (χ4n) is 5.47. The van der Waals surface area contributed by atoms with Crippen molar-refractivity contribution in [1.29, 1.82) is 0 Å². The third kappa shape index (κ3) is 5.36. The number of likely N-dealkylation sites (tertiary alicyclic amines) is 1. The van der Waals surface area contributed by atoms with Crippen molar-refractivity contribution in [1.82, 2.24) is 15.2 Å². The van der Waals surface area contributed by atoms with Crippen LogP contribution in [-0.2, 0) is 0 Å². The number of carbonyl (C=O) groups excluding carboxylic acids is 1. The van der Waals surface area contributed by atoms with Crippen molar-refractivity contribution in [2.45, 2.75) is 31.9 Å². The van der Waals surface area contributed by atoms with Crippen molar-refractivity contribution in [2.75, 3.05) is 26.2 Å². The van der Waals surface area contributed by atoms with Crippen molar-refractivity contribution < 1.29 is 14.3 Å². The van der Waals surface area contributed by atoms with Gasteiger partial charge in [0.15, 0.2) is 0 Å². The lowest BCUT2D eigenvalue weighted by Crippen LogP contribution is -2.57. The number of ether oxygens (including phenoxy) is 2. The molecule has 1 saturated heterocycles. The van der Waals surface area contributed by atoms with Crippen LogP contribution in [0.4, 0.5) is 0 Å². The smallest absolute Gasteiger partial charge is 0.252 e. The average Bonchev–Trinajstić information content (AvgIpc) is 2.90. The molecule has 1 amide bonds. The zero-order chi connectivity index (χ0) is 25.9. The molecular formula is C32H33N3O3. The van der Waals surface area contributed by atoms with Gasteiger partial charge < -0.3 is 14.8 Å². The van der Waals surface area contributed by atoms with Gasteiger partial charge >= 0.3 is 0 Å². The summed E-state index contributed by atoms with van der Waals surface area (Å²) in [6, 6.07) is 27.9. The Morgan fingerprint density at radius 3 is 2.45 bits per heavy atom. The van der Waals surface area contributed by atoms with Crippen LogP contribution in [0.2, 0.25) is 0 Å². The van der Waals surface area contributed by atoms with Crippen LogP contribution in [0.5, 0.6) is 11.5 Å². The van der Waals surface area contributed by atoms with E-state index in [0.717, 1.165) is 66.1 Å². The summed E-state index contributed by atoms with van der Waals surface area (Å²) in [4.78, 5) is 20.7. The Bertz CT molecular complexity index is 1390. The van der Waals surface area contributed by atoms with Gasteiger partial charge in [-0.15, -0.1) is 0 Å². The molecule has 0 radical (unpaired) electrons. The van der Waals surface area contributed by atoms with Gasteiger partial charge in [-0.3, -0.25) is 9.69 Å². The van der Waals surface area contributed by atoms with Crippen LogP contribution >= 0.6 is 0 Å². The zero-order valence-corrected chi connectivity index (χ0v) is 21.7. The number of fused-ring (bicyclic) bond motifs is 1. The first kappa shape index (κ1) is 24.4. The quantitative estimate of drug-likeness (QED) is 0.321. The first-order chi connectivity index (χ1) is 18.6. The molecule has 0 spiro atoms. The van der Waals surface area contributed by atoms with E-state index in [-0.39, 0.29) is 18.1 Å². The second-order valence-electron chi connectivity index (χ2n) is 10.3. The maximum Gasteiger partial charge on any atom is 0.252 e. The minimum absolute atomic E-state index is 0.0282. The van der Waals surface area contributed by atoms with Crippen LogP contribution in [0.1, 0.15) is 30.1 Å². The molecule has 6 rings (SSSR count). The van der Waals surface area contributed by atoms with Gasteiger partial charge in [0, 0.05) is 36.6 Å². The first-order valence-corrected chi connectivity index (χ1v) is 13.5. The summed E-state index contributed by atoms with van der Waals surface area (Å²) >= 11 is 0. The Balaban J connectivity index is 1.05. The molecule has 6 nitrogen and oxygen atoms in total. The van der Waals surface area contributed by atoms with E-state index in [1.165, 1.54) is 0 Å². The summed E-state index contributed by atoms with van der Waals surface area (Å²) in [7, 11) is 0. The Hall–Kier alpha value is -3.90. The van der Waals surface area contributed by atoms with Gasteiger partial charge in [-0.05, 0) is 74.2 Å². The number of para-hydroxylation sites is 2. The average molecular weight is 508 g/mol. The maximum atomic E-state index is 13.4. The van der Waals surface area contributed by atoms with E-state index in [2.05, 4.69) is 10.2 Å². The van der Waals surface area contributed by atoms with E-state index in [9.17, 15) is 4.79 Å². The normalized spacial score (nSPS) is 19.4. The first-order valence-electron chi connectivity index (χ1n) is 13.5. The molecule has 0 bridgehead atoms. The molecule has 38 heavy (non-hydrogen) atoms. The number of nitrogens with one attached hydrogen (secondary N) is 1. The predicted molar refractivity (Wildman–Crippen MR) is 150 cm³/mol. The predicted octanol–water partition coefficient (Wildman–Crippen LogP) is 5.57. The van der Waals surface area contributed by atoms with E-state index < -0.39 is 0 Å². The minimum atomic E-state index is -0.0282. The molecule has 2 fully saturated rings. The summed E-state index contributed by atoms with van der Waals surface area (Å²) in [5.41, 5.74) is 3.24. The number of hydrogen-bond donors (Lipinski definition) is 1. The maximum absolute atomic E-state index is 13.4. The number of aromatic nitrogens is 1. The summed E-state index contributed by atoms with van der Waals surface area (Å²) in [6.07, 6.45) is 2.31. The highest BCUT2D eigenvalue weighted by Crippen LogP contribution is 2.32. The van der Waals surface area contributed by atoms with Gasteiger partial charge in [0.2, 0.25) is 0 Å². The molecule has 1 aliphatic carbocycles.